The molecule has 6 nitrogen and oxygen atoms in total. The number of aryl methyl sites for hydroxylation is 1. The second-order valence-corrected chi connectivity index (χ2v) is 8.14. The Bertz CT molecular complexity index is 1140. The van der Waals surface area contributed by atoms with Crippen LogP contribution in [-0.2, 0) is 24.1 Å². The fraction of sp³-hybridized carbons (Fsp3) is 0.261. The summed E-state index contributed by atoms with van der Waals surface area (Å²) in [7, 11) is 0. The molecule has 1 N–H and O–H groups in total. The van der Waals surface area contributed by atoms with Crippen molar-refractivity contribution in [2.75, 3.05) is 11.1 Å². The van der Waals surface area contributed by atoms with Gasteiger partial charge in [0.25, 0.3) is 0 Å². The van der Waals surface area contributed by atoms with E-state index >= 15 is 0 Å². The van der Waals surface area contributed by atoms with E-state index in [0.717, 1.165) is 40.8 Å². The molecular weight excluding hydrogens is 453 g/mol. The first kappa shape index (κ1) is 24.4. The lowest BCUT2D eigenvalue weighted by Crippen LogP contribution is -2.15. The van der Waals surface area contributed by atoms with Crippen LogP contribution in [0.15, 0.2) is 60.3 Å². The van der Waals surface area contributed by atoms with Gasteiger partial charge in [-0.2, -0.15) is 13.2 Å². The van der Waals surface area contributed by atoms with Crippen molar-refractivity contribution in [2.45, 2.75) is 38.3 Å². The number of alkyl halides is 3. The average Bonchev–Trinajstić information content (AvgIpc) is 3.15. The highest BCUT2D eigenvalue weighted by molar-refractivity contribution is 7.99. The number of halogens is 3. The number of hydrogen-bond donors (Lipinski definition) is 1. The molecule has 0 aliphatic rings. The molecule has 3 rings (SSSR count). The number of rotatable bonds is 9. The molecule has 0 fully saturated rings. The first-order valence-corrected chi connectivity index (χ1v) is 11.0. The first-order valence-electron chi connectivity index (χ1n) is 10.0. The van der Waals surface area contributed by atoms with Gasteiger partial charge in [-0.25, -0.2) is 0 Å². The molecule has 33 heavy (non-hydrogen) atoms. The number of hydrogen-bond acceptors (Lipinski definition) is 5. The highest BCUT2D eigenvalue weighted by Gasteiger charge is 2.30. The summed E-state index contributed by atoms with van der Waals surface area (Å²) in [5.41, 5.74) is 1.40. The van der Waals surface area contributed by atoms with E-state index < -0.39 is 17.6 Å². The second kappa shape index (κ2) is 10.6. The minimum absolute atomic E-state index is 0.0522. The van der Waals surface area contributed by atoms with Crippen molar-refractivity contribution < 1.29 is 22.7 Å². The van der Waals surface area contributed by atoms with Gasteiger partial charge in [-0.15, -0.1) is 16.8 Å². The van der Waals surface area contributed by atoms with Gasteiger partial charge in [0.05, 0.1) is 11.3 Å². The highest BCUT2D eigenvalue weighted by atomic mass is 32.2. The Morgan fingerprint density at radius 1 is 1.21 bits per heavy atom. The maximum atomic E-state index is 12.9. The van der Waals surface area contributed by atoms with Crippen LogP contribution in [0.3, 0.4) is 0 Å². The zero-order valence-electron chi connectivity index (χ0n) is 18.1. The summed E-state index contributed by atoms with van der Waals surface area (Å²) >= 11 is 1.12. The molecule has 0 saturated heterocycles. The Hall–Kier alpha value is -3.27. The molecule has 1 heterocycles. The standard InChI is InChI=1S/C23H23F3N4O2S/c1-4-11-30-20(13-32-19-10-5-7-15(2)16(19)3)28-29-22(30)33-14-21(31)27-18-9-6-8-17(12-18)23(24,25)26/h4-10,12H,1,11,13-14H2,2-3H3,(H,27,31). The molecule has 10 heteroatoms. The van der Waals surface area contributed by atoms with Gasteiger partial charge in [-0.3, -0.25) is 9.36 Å². The molecular formula is C23H23F3N4O2S. The Kier molecular flexibility index (Phi) is 7.80. The highest BCUT2D eigenvalue weighted by Crippen LogP contribution is 2.30. The fourth-order valence-electron chi connectivity index (χ4n) is 2.97. The predicted octanol–water partition coefficient (Wildman–Crippen LogP) is 5.41. The number of benzene rings is 2. The van der Waals surface area contributed by atoms with Crippen LogP contribution in [0.2, 0.25) is 0 Å². The summed E-state index contributed by atoms with van der Waals surface area (Å²) in [6.45, 7) is 8.32. The second-order valence-electron chi connectivity index (χ2n) is 7.20. The zero-order chi connectivity index (χ0) is 24.0. The van der Waals surface area contributed by atoms with Crippen molar-refractivity contribution in [3.05, 3.63) is 77.6 Å². The van der Waals surface area contributed by atoms with E-state index in [9.17, 15) is 18.0 Å². The Morgan fingerprint density at radius 3 is 2.70 bits per heavy atom. The largest absolute Gasteiger partial charge is 0.485 e. The Balaban J connectivity index is 1.64. The van der Waals surface area contributed by atoms with E-state index in [2.05, 4.69) is 22.1 Å². The van der Waals surface area contributed by atoms with Gasteiger partial charge in [-0.05, 0) is 49.2 Å². The minimum atomic E-state index is -4.48. The number of aromatic nitrogens is 3. The number of nitrogens with zero attached hydrogens (tertiary/aromatic N) is 3. The van der Waals surface area contributed by atoms with Gasteiger partial charge in [0.15, 0.2) is 11.0 Å². The molecule has 174 valence electrons. The van der Waals surface area contributed by atoms with Gasteiger partial charge >= 0.3 is 6.18 Å². The maximum Gasteiger partial charge on any atom is 0.416 e. The van der Waals surface area contributed by atoms with Crippen LogP contribution in [0.5, 0.6) is 5.75 Å². The quantitative estimate of drug-likeness (QED) is 0.330. The lowest BCUT2D eigenvalue weighted by Gasteiger charge is -2.12. The first-order chi connectivity index (χ1) is 15.7. The van der Waals surface area contributed by atoms with E-state index in [1.807, 2.05) is 32.0 Å². The fourth-order valence-corrected chi connectivity index (χ4v) is 3.73. The number of anilines is 1. The van der Waals surface area contributed by atoms with Crippen LogP contribution in [0, 0.1) is 13.8 Å². The monoisotopic (exact) mass is 476 g/mol. The molecule has 0 saturated carbocycles. The van der Waals surface area contributed by atoms with E-state index in [1.54, 1.807) is 10.6 Å². The molecule has 1 aromatic heterocycles. The molecule has 0 aliphatic carbocycles. The molecule has 0 radical (unpaired) electrons. The van der Waals surface area contributed by atoms with Crippen LogP contribution in [0.4, 0.5) is 18.9 Å². The van der Waals surface area contributed by atoms with Crippen LogP contribution >= 0.6 is 11.8 Å². The third kappa shape index (κ3) is 6.38. The third-order valence-electron chi connectivity index (χ3n) is 4.82. The molecule has 1 amide bonds. The van der Waals surface area contributed by atoms with Gasteiger partial charge in [-0.1, -0.05) is 36.0 Å². The number of carbonyl (C=O) groups excluding carboxylic acids is 1. The summed E-state index contributed by atoms with van der Waals surface area (Å²) in [5.74, 6) is 0.804. The topological polar surface area (TPSA) is 69.0 Å². The van der Waals surface area contributed by atoms with Gasteiger partial charge in [0.1, 0.15) is 12.4 Å². The van der Waals surface area contributed by atoms with E-state index in [0.29, 0.717) is 17.5 Å². The van der Waals surface area contributed by atoms with Crippen molar-refractivity contribution in [2.24, 2.45) is 0 Å². The van der Waals surface area contributed by atoms with Crippen molar-refractivity contribution in [1.82, 2.24) is 14.8 Å². The maximum absolute atomic E-state index is 12.9. The summed E-state index contributed by atoms with van der Waals surface area (Å²) in [4.78, 5) is 12.3. The van der Waals surface area contributed by atoms with Crippen molar-refractivity contribution >= 4 is 23.4 Å². The third-order valence-corrected chi connectivity index (χ3v) is 5.79. The average molecular weight is 477 g/mol. The predicted molar refractivity (Wildman–Crippen MR) is 121 cm³/mol. The van der Waals surface area contributed by atoms with Crippen LogP contribution in [0.25, 0.3) is 0 Å². The van der Waals surface area contributed by atoms with Crippen molar-refractivity contribution in [3.63, 3.8) is 0 Å². The number of allylic oxidation sites excluding steroid dienone is 1. The summed E-state index contributed by atoms with van der Waals surface area (Å²) in [6, 6.07) is 10.3. The smallest absolute Gasteiger partial charge is 0.416 e. The van der Waals surface area contributed by atoms with Gasteiger partial charge < -0.3 is 10.1 Å². The van der Waals surface area contributed by atoms with E-state index in [4.69, 9.17) is 4.74 Å². The van der Waals surface area contributed by atoms with Crippen molar-refractivity contribution in [3.8, 4) is 5.75 Å². The van der Waals surface area contributed by atoms with Crippen LogP contribution in [0.1, 0.15) is 22.5 Å². The number of carbonyl (C=O) groups is 1. The normalized spacial score (nSPS) is 11.3. The van der Waals surface area contributed by atoms with E-state index in [1.165, 1.54) is 12.1 Å². The lowest BCUT2D eigenvalue weighted by atomic mass is 10.1. The minimum Gasteiger partial charge on any atom is -0.485 e. The van der Waals surface area contributed by atoms with Gasteiger partial charge in [0.2, 0.25) is 5.91 Å². The molecule has 0 spiro atoms. The number of ether oxygens (including phenoxy) is 1. The van der Waals surface area contributed by atoms with Crippen LogP contribution in [-0.4, -0.2) is 26.4 Å². The molecule has 0 unspecified atom stereocenters. The number of thioether (sulfide) groups is 1. The molecule has 0 aliphatic heterocycles. The Morgan fingerprint density at radius 2 is 1.97 bits per heavy atom. The van der Waals surface area contributed by atoms with Crippen molar-refractivity contribution in [1.29, 1.82) is 0 Å². The summed E-state index contributed by atoms with van der Waals surface area (Å²) < 4.78 is 46.2. The molecule has 0 bridgehead atoms. The van der Waals surface area contributed by atoms with Gasteiger partial charge in [0, 0.05) is 12.2 Å². The summed E-state index contributed by atoms with van der Waals surface area (Å²) in [6.07, 6.45) is -2.80. The number of amides is 1. The summed E-state index contributed by atoms with van der Waals surface area (Å²) in [5, 5.41) is 11.3. The Labute approximate surface area is 193 Å². The van der Waals surface area contributed by atoms with E-state index in [-0.39, 0.29) is 18.0 Å². The zero-order valence-corrected chi connectivity index (χ0v) is 19.0. The number of nitrogens with one attached hydrogen (secondary N) is 1. The molecule has 2 aromatic carbocycles. The lowest BCUT2D eigenvalue weighted by molar-refractivity contribution is -0.137. The SMILES string of the molecule is C=CCn1c(COc2cccc(C)c2C)nnc1SCC(=O)Nc1cccc(C(F)(F)F)c1. The van der Waals surface area contributed by atoms with Crippen LogP contribution < -0.4 is 10.1 Å². The molecule has 3 aromatic rings. The molecule has 0 atom stereocenters.